The van der Waals surface area contributed by atoms with Gasteiger partial charge in [-0.15, -0.1) is 0 Å². The van der Waals surface area contributed by atoms with E-state index in [0.29, 0.717) is 17.3 Å². The van der Waals surface area contributed by atoms with E-state index in [1.165, 1.54) is 6.07 Å². The lowest BCUT2D eigenvalue weighted by molar-refractivity contribution is 0.380. The van der Waals surface area contributed by atoms with Crippen LogP contribution in [-0.4, -0.2) is 24.8 Å². The number of sulfone groups is 1. The summed E-state index contributed by atoms with van der Waals surface area (Å²) >= 11 is 0. The molecule has 1 aromatic carbocycles. The Morgan fingerprint density at radius 2 is 2.11 bits per heavy atom. The molecule has 2 aromatic rings. The summed E-state index contributed by atoms with van der Waals surface area (Å²) in [5.41, 5.74) is 6.88. The Labute approximate surface area is 105 Å². The Morgan fingerprint density at radius 3 is 2.67 bits per heavy atom. The number of aromatic nitrogens is 2. The third kappa shape index (κ3) is 2.41. The molecule has 6 nitrogen and oxygen atoms in total. The largest absolute Gasteiger partial charge is 0.338 e. The number of rotatable bonds is 3. The molecule has 0 amide bonds. The minimum atomic E-state index is -3.26. The minimum absolute atomic E-state index is 0.151. The van der Waals surface area contributed by atoms with Crippen molar-refractivity contribution < 1.29 is 12.9 Å². The molecular formula is C11H13N3O3S. The highest BCUT2D eigenvalue weighted by Crippen LogP contribution is 2.24. The van der Waals surface area contributed by atoms with E-state index in [2.05, 4.69) is 10.1 Å². The summed E-state index contributed by atoms with van der Waals surface area (Å²) in [6, 6.07) is 4.80. The van der Waals surface area contributed by atoms with Crippen LogP contribution in [0.15, 0.2) is 27.6 Å². The summed E-state index contributed by atoms with van der Waals surface area (Å²) < 4.78 is 27.9. The molecule has 1 heterocycles. The van der Waals surface area contributed by atoms with Gasteiger partial charge in [-0.2, -0.15) is 4.98 Å². The van der Waals surface area contributed by atoms with Crippen molar-refractivity contribution in [3.05, 3.63) is 29.7 Å². The predicted molar refractivity (Wildman–Crippen MR) is 65.5 cm³/mol. The number of hydrogen-bond donors (Lipinski definition) is 1. The molecular weight excluding hydrogens is 254 g/mol. The summed E-state index contributed by atoms with van der Waals surface area (Å²) in [4.78, 5) is 4.31. The normalized spacial score (nSPS) is 11.7. The highest BCUT2D eigenvalue weighted by Gasteiger charge is 2.14. The average Bonchev–Trinajstić information content (AvgIpc) is 2.76. The van der Waals surface area contributed by atoms with Crippen LogP contribution in [0.2, 0.25) is 0 Å². The fourth-order valence-electron chi connectivity index (χ4n) is 1.52. The maximum Gasteiger partial charge on any atom is 0.240 e. The molecule has 0 unspecified atom stereocenters. The van der Waals surface area contributed by atoms with Crippen molar-refractivity contribution in [1.29, 1.82) is 0 Å². The Kier molecular flexibility index (Phi) is 3.18. The van der Waals surface area contributed by atoms with E-state index in [1.807, 2.05) is 6.92 Å². The molecule has 0 aliphatic rings. The second-order valence-corrected chi connectivity index (χ2v) is 5.98. The Hall–Kier alpha value is -1.73. The second kappa shape index (κ2) is 4.51. The van der Waals surface area contributed by atoms with Gasteiger partial charge in [-0.1, -0.05) is 11.2 Å². The smallest absolute Gasteiger partial charge is 0.240 e. The minimum Gasteiger partial charge on any atom is -0.338 e. The van der Waals surface area contributed by atoms with Gasteiger partial charge < -0.3 is 10.3 Å². The van der Waals surface area contributed by atoms with E-state index in [0.717, 1.165) is 11.8 Å². The summed E-state index contributed by atoms with van der Waals surface area (Å²) in [7, 11) is -3.26. The van der Waals surface area contributed by atoms with Crippen LogP contribution in [0.25, 0.3) is 11.4 Å². The molecule has 0 aliphatic carbocycles. The van der Waals surface area contributed by atoms with Gasteiger partial charge in [0, 0.05) is 11.8 Å². The van der Waals surface area contributed by atoms with Crippen LogP contribution in [0.4, 0.5) is 0 Å². The highest BCUT2D eigenvalue weighted by atomic mass is 32.2. The zero-order valence-corrected chi connectivity index (χ0v) is 10.9. The molecule has 96 valence electrons. The van der Waals surface area contributed by atoms with Gasteiger partial charge in [-0.3, -0.25) is 0 Å². The zero-order valence-electron chi connectivity index (χ0n) is 10.0. The van der Waals surface area contributed by atoms with Gasteiger partial charge in [0.2, 0.25) is 11.7 Å². The predicted octanol–water partition coefficient (Wildman–Crippen LogP) is 0.907. The first-order valence-corrected chi connectivity index (χ1v) is 7.14. The van der Waals surface area contributed by atoms with Crippen molar-refractivity contribution in [2.24, 2.45) is 5.73 Å². The van der Waals surface area contributed by atoms with Crippen LogP contribution < -0.4 is 5.73 Å². The van der Waals surface area contributed by atoms with E-state index >= 15 is 0 Å². The molecule has 2 rings (SSSR count). The van der Waals surface area contributed by atoms with Crippen molar-refractivity contribution in [3.8, 4) is 11.4 Å². The quantitative estimate of drug-likeness (QED) is 0.887. The topological polar surface area (TPSA) is 99.1 Å². The summed E-state index contributed by atoms with van der Waals surface area (Å²) in [6.07, 6.45) is 1.16. The van der Waals surface area contributed by atoms with Gasteiger partial charge in [0.25, 0.3) is 0 Å². The van der Waals surface area contributed by atoms with Crippen LogP contribution in [0.5, 0.6) is 0 Å². The molecule has 0 radical (unpaired) electrons. The molecule has 0 saturated carbocycles. The van der Waals surface area contributed by atoms with E-state index in [4.69, 9.17) is 10.3 Å². The first kappa shape index (κ1) is 12.7. The number of benzene rings is 1. The van der Waals surface area contributed by atoms with Crippen LogP contribution in [0, 0.1) is 6.92 Å². The molecule has 1 aromatic heterocycles. The number of nitrogens with zero attached hydrogens (tertiary/aromatic N) is 2. The number of nitrogens with two attached hydrogens (primary N) is 1. The summed E-state index contributed by atoms with van der Waals surface area (Å²) in [6.45, 7) is 2.00. The van der Waals surface area contributed by atoms with Crippen molar-refractivity contribution >= 4 is 9.84 Å². The van der Waals surface area contributed by atoms with Gasteiger partial charge in [0.1, 0.15) is 0 Å². The third-order valence-corrected chi connectivity index (χ3v) is 3.63. The van der Waals surface area contributed by atoms with E-state index in [9.17, 15) is 8.42 Å². The highest BCUT2D eigenvalue weighted by molar-refractivity contribution is 7.90. The van der Waals surface area contributed by atoms with Gasteiger partial charge in [0.15, 0.2) is 9.84 Å². The van der Waals surface area contributed by atoms with Gasteiger partial charge in [-0.25, -0.2) is 8.42 Å². The molecule has 18 heavy (non-hydrogen) atoms. The fraction of sp³-hybridized carbons (Fsp3) is 0.273. The maximum absolute atomic E-state index is 11.5. The van der Waals surface area contributed by atoms with E-state index in [-0.39, 0.29) is 11.4 Å². The summed E-state index contributed by atoms with van der Waals surface area (Å²) in [5, 5.41) is 3.78. The standard InChI is InChI=1S/C11H13N3O3S/c1-7-3-4-8(18(2,15)16)5-9(7)11-13-10(6-12)17-14-11/h3-5H,6,12H2,1-2H3. The van der Waals surface area contributed by atoms with Crippen molar-refractivity contribution in [1.82, 2.24) is 10.1 Å². The SMILES string of the molecule is Cc1ccc(S(C)(=O)=O)cc1-c1noc(CN)n1. The van der Waals surface area contributed by atoms with Crippen molar-refractivity contribution in [2.45, 2.75) is 18.4 Å². The lowest BCUT2D eigenvalue weighted by Crippen LogP contribution is -1.99. The van der Waals surface area contributed by atoms with E-state index < -0.39 is 9.84 Å². The number of aryl methyl sites for hydroxylation is 1. The monoisotopic (exact) mass is 267 g/mol. The lowest BCUT2D eigenvalue weighted by atomic mass is 10.1. The van der Waals surface area contributed by atoms with Crippen molar-refractivity contribution in [2.75, 3.05) is 6.26 Å². The van der Waals surface area contributed by atoms with E-state index in [1.54, 1.807) is 12.1 Å². The Balaban J connectivity index is 2.56. The Morgan fingerprint density at radius 1 is 1.39 bits per heavy atom. The van der Waals surface area contributed by atoms with Crippen molar-refractivity contribution in [3.63, 3.8) is 0 Å². The molecule has 0 saturated heterocycles. The van der Waals surface area contributed by atoms with Crippen LogP contribution >= 0.6 is 0 Å². The van der Waals surface area contributed by atoms with Gasteiger partial charge in [-0.05, 0) is 24.6 Å². The molecule has 2 N–H and O–H groups in total. The molecule has 0 aliphatic heterocycles. The molecule has 0 atom stereocenters. The molecule has 0 bridgehead atoms. The average molecular weight is 267 g/mol. The summed E-state index contributed by atoms with van der Waals surface area (Å²) in [5.74, 6) is 0.660. The molecule has 0 fully saturated rings. The molecule has 7 heteroatoms. The van der Waals surface area contributed by atoms with Gasteiger partial charge in [0.05, 0.1) is 11.4 Å². The molecule has 0 spiro atoms. The van der Waals surface area contributed by atoms with Gasteiger partial charge >= 0.3 is 0 Å². The third-order valence-electron chi connectivity index (χ3n) is 2.52. The first-order valence-electron chi connectivity index (χ1n) is 5.25. The second-order valence-electron chi connectivity index (χ2n) is 3.96. The van der Waals surface area contributed by atoms with Crippen LogP contribution in [0.1, 0.15) is 11.5 Å². The maximum atomic E-state index is 11.5. The Bertz CT molecular complexity index is 677. The fourth-order valence-corrected chi connectivity index (χ4v) is 2.17. The van der Waals surface area contributed by atoms with Crippen LogP contribution in [0.3, 0.4) is 0 Å². The van der Waals surface area contributed by atoms with Crippen LogP contribution in [-0.2, 0) is 16.4 Å². The zero-order chi connectivity index (χ0) is 13.3. The number of hydrogen-bond acceptors (Lipinski definition) is 6. The lowest BCUT2D eigenvalue weighted by Gasteiger charge is -2.04. The first-order chi connectivity index (χ1) is 8.41.